The minimum atomic E-state index is -3.23. The standard InChI is InChI=1S/C19H32N2O5S5/c1-13(19(23)26-6-9-31(3,24)25)21-18(22)15(10-14-4-8-29-12-14)11-17(30-27)16(20)5-7-28-2/h4,8,12-13,15-17,27H,5-7,9-11,20H2,1-3H3,(H,21,22). The zero-order chi connectivity index (χ0) is 23.4. The van der Waals surface area contributed by atoms with E-state index in [1.54, 1.807) is 23.1 Å². The van der Waals surface area contributed by atoms with E-state index >= 15 is 0 Å². The monoisotopic (exact) mass is 528 g/mol. The van der Waals surface area contributed by atoms with E-state index in [2.05, 4.69) is 17.0 Å². The fourth-order valence-electron chi connectivity index (χ4n) is 2.80. The minimum Gasteiger partial charge on any atom is -0.463 e. The topological polar surface area (TPSA) is 116 Å². The number of thiophene rings is 1. The molecule has 4 atom stereocenters. The molecule has 0 aromatic carbocycles. The van der Waals surface area contributed by atoms with Gasteiger partial charge in [0.1, 0.15) is 12.6 Å². The van der Waals surface area contributed by atoms with Crippen LogP contribution in [0, 0.1) is 5.92 Å². The highest BCUT2D eigenvalue weighted by molar-refractivity contribution is 8.68. The first-order chi connectivity index (χ1) is 14.6. The molecule has 0 bridgehead atoms. The predicted molar refractivity (Wildman–Crippen MR) is 136 cm³/mol. The number of thiol groups is 1. The molecule has 0 aliphatic carbocycles. The van der Waals surface area contributed by atoms with Crippen LogP contribution >= 0.6 is 45.6 Å². The van der Waals surface area contributed by atoms with E-state index in [1.807, 2.05) is 23.1 Å². The molecule has 7 nitrogen and oxygen atoms in total. The lowest BCUT2D eigenvalue weighted by Gasteiger charge is -2.26. The van der Waals surface area contributed by atoms with Crippen LogP contribution in [0.25, 0.3) is 0 Å². The summed E-state index contributed by atoms with van der Waals surface area (Å²) in [5.41, 5.74) is 7.39. The fourth-order valence-corrected chi connectivity index (χ4v) is 5.71. The molecule has 4 unspecified atom stereocenters. The van der Waals surface area contributed by atoms with E-state index in [4.69, 9.17) is 10.5 Å². The summed E-state index contributed by atoms with van der Waals surface area (Å²) in [6.07, 6.45) is 4.99. The van der Waals surface area contributed by atoms with Gasteiger partial charge in [0.05, 0.1) is 5.75 Å². The SMILES string of the molecule is CSCCC(N)C(CC(Cc1ccsc1)C(=O)NC(C)C(=O)OCCS(C)(=O)=O)SS. The quantitative estimate of drug-likeness (QED) is 0.181. The van der Waals surface area contributed by atoms with Crippen LogP contribution in [0.2, 0.25) is 0 Å². The molecule has 1 heterocycles. The number of ether oxygens (including phenoxy) is 1. The van der Waals surface area contributed by atoms with Gasteiger partial charge in [-0.3, -0.25) is 4.79 Å². The summed E-state index contributed by atoms with van der Waals surface area (Å²) in [6.45, 7) is 1.29. The molecule has 0 radical (unpaired) electrons. The van der Waals surface area contributed by atoms with Gasteiger partial charge in [0, 0.05) is 23.5 Å². The van der Waals surface area contributed by atoms with Crippen molar-refractivity contribution in [3.8, 4) is 0 Å². The van der Waals surface area contributed by atoms with Crippen LogP contribution in [0.4, 0.5) is 0 Å². The molecule has 1 amide bonds. The highest BCUT2D eigenvalue weighted by Crippen LogP contribution is 2.28. The lowest BCUT2D eigenvalue weighted by Crippen LogP contribution is -2.45. The van der Waals surface area contributed by atoms with E-state index in [9.17, 15) is 18.0 Å². The minimum absolute atomic E-state index is 0.0121. The van der Waals surface area contributed by atoms with Gasteiger partial charge in [0.15, 0.2) is 9.84 Å². The lowest BCUT2D eigenvalue weighted by molar-refractivity contribution is -0.147. The van der Waals surface area contributed by atoms with Crippen LogP contribution in [-0.4, -0.2) is 68.3 Å². The molecule has 0 fully saturated rings. The molecule has 0 aliphatic rings. The van der Waals surface area contributed by atoms with Gasteiger partial charge in [-0.05, 0) is 60.6 Å². The molecule has 1 aromatic rings. The summed E-state index contributed by atoms with van der Waals surface area (Å²) in [7, 11) is -1.87. The number of rotatable bonds is 15. The third-order valence-electron chi connectivity index (χ3n) is 4.63. The number of thioether (sulfide) groups is 1. The molecule has 0 aliphatic heterocycles. The highest BCUT2D eigenvalue weighted by atomic mass is 33.1. The molecule has 0 saturated heterocycles. The van der Waals surface area contributed by atoms with Crippen molar-refractivity contribution in [1.29, 1.82) is 0 Å². The van der Waals surface area contributed by atoms with Gasteiger partial charge in [-0.25, -0.2) is 13.2 Å². The van der Waals surface area contributed by atoms with Gasteiger partial charge in [-0.2, -0.15) is 23.1 Å². The summed E-state index contributed by atoms with van der Waals surface area (Å²) >= 11 is 7.66. The van der Waals surface area contributed by atoms with Gasteiger partial charge in [0.2, 0.25) is 5.91 Å². The number of sulfone groups is 1. The Morgan fingerprint density at radius 3 is 2.65 bits per heavy atom. The second kappa shape index (κ2) is 14.7. The number of esters is 1. The maximum atomic E-state index is 13.0. The third kappa shape index (κ3) is 11.9. The molecule has 1 aromatic heterocycles. The van der Waals surface area contributed by atoms with Gasteiger partial charge in [0.25, 0.3) is 0 Å². The maximum Gasteiger partial charge on any atom is 0.328 e. The van der Waals surface area contributed by atoms with E-state index in [0.29, 0.717) is 12.8 Å². The number of carbonyl (C=O) groups is 2. The summed E-state index contributed by atoms with van der Waals surface area (Å²) < 4.78 is 27.3. The Hall–Kier alpha value is -0.400. The summed E-state index contributed by atoms with van der Waals surface area (Å²) in [5.74, 6) is -0.629. The molecule has 0 saturated carbocycles. The van der Waals surface area contributed by atoms with Crippen molar-refractivity contribution >= 4 is 67.3 Å². The average molecular weight is 529 g/mol. The molecular weight excluding hydrogens is 497 g/mol. The first kappa shape index (κ1) is 28.6. The number of hydrogen-bond donors (Lipinski definition) is 3. The molecule has 178 valence electrons. The number of carbonyl (C=O) groups excluding carboxylic acids is 2. The van der Waals surface area contributed by atoms with Crippen molar-refractivity contribution in [2.24, 2.45) is 11.7 Å². The van der Waals surface area contributed by atoms with Crippen LogP contribution in [0.15, 0.2) is 16.8 Å². The van der Waals surface area contributed by atoms with Crippen LogP contribution < -0.4 is 11.1 Å². The largest absolute Gasteiger partial charge is 0.463 e. The van der Waals surface area contributed by atoms with Gasteiger partial charge in [-0.1, -0.05) is 10.8 Å². The van der Waals surface area contributed by atoms with Crippen molar-refractivity contribution < 1.29 is 22.7 Å². The lowest BCUT2D eigenvalue weighted by atomic mass is 9.92. The molecule has 31 heavy (non-hydrogen) atoms. The zero-order valence-electron chi connectivity index (χ0n) is 18.0. The molecule has 3 N–H and O–H groups in total. The number of nitrogens with one attached hydrogen (secondary N) is 1. The Balaban J connectivity index is 2.77. The Labute approximate surface area is 202 Å². The Morgan fingerprint density at radius 2 is 2.10 bits per heavy atom. The smallest absolute Gasteiger partial charge is 0.328 e. The van der Waals surface area contributed by atoms with E-state index < -0.39 is 21.8 Å². The summed E-state index contributed by atoms with van der Waals surface area (Å²) in [5, 5.41) is 6.66. The van der Waals surface area contributed by atoms with E-state index in [1.165, 1.54) is 17.7 Å². The Bertz CT molecular complexity index is 773. The molecule has 1 rings (SSSR count). The Kier molecular flexibility index (Phi) is 13.6. The summed E-state index contributed by atoms with van der Waals surface area (Å²) in [4.78, 5) is 25.2. The van der Waals surface area contributed by atoms with Crippen molar-refractivity contribution in [1.82, 2.24) is 5.32 Å². The van der Waals surface area contributed by atoms with E-state index in [0.717, 1.165) is 24.0 Å². The normalized spacial score (nSPS) is 15.6. The molecular formula is C19H32N2O5S5. The maximum absolute atomic E-state index is 13.0. The average Bonchev–Trinajstić information content (AvgIpc) is 3.21. The van der Waals surface area contributed by atoms with Crippen molar-refractivity contribution in [2.45, 2.75) is 43.5 Å². The number of nitrogens with two attached hydrogens (primary N) is 1. The number of hydrogen-bond acceptors (Lipinski definition) is 10. The predicted octanol–water partition coefficient (Wildman–Crippen LogP) is 2.42. The second-order valence-corrected chi connectivity index (χ2v) is 12.9. The Morgan fingerprint density at radius 1 is 1.39 bits per heavy atom. The first-order valence-corrected chi connectivity index (χ1v) is 16.1. The molecule has 0 spiro atoms. The van der Waals surface area contributed by atoms with Crippen LogP contribution in [0.5, 0.6) is 0 Å². The van der Waals surface area contributed by atoms with Crippen molar-refractivity contribution in [3.05, 3.63) is 22.4 Å². The van der Waals surface area contributed by atoms with Crippen LogP contribution in [0.3, 0.4) is 0 Å². The summed E-state index contributed by atoms with van der Waals surface area (Å²) in [6, 6.07) is 1.00. The molecule has 12 heteroatoms. The zero-order valence-corrected chi connectivity index (χ0v) is 22.1. The second-order valence-electron chi connectivity index (χ2n) is 7.39. The van der Waals surface area contributed by atoms with Crippen molar-refractivity contribution in [3.63, 3.8) is 0 Å². The van der Waals surface area contributed by atoms with Gasteiger partial charge in [-0.15, -0.1) is 11.7 Å². The van der Waals surface area contributed by atoms with Crippen LogP contribution in [-0.2, 0) is 30.6 Å². The van der Waals surface area contributed by atoms with E-state index in [-0.39, 0.29) is 35.5 Å². The third-order valence-corrected chi connectivity index (χ3v) is 8.54. The van der Waals surface area contributed by atoms with Gasteiger partial charge < -0.3 is 15.8 Å². The fraction of sp³-hybridized carbons (Fsp3) is 0.684. The highest BCUT2D eigenvalue weighted by Gasteiger charge is 2.29. The van der Waals surface area contributed by atoms with Crippen LogP contribution in [0.1, 0.15) is 25.3 Å². The van der Waals surface area contributed by atoms with Gasteiger partial charge >= 0.3 is 5.97 Å². The van der Waals surface area contributed by atoms with Crippen molar-refractivity contribution in [2.75, 3.05) is 30.6 Å². The first-order valence-electron chi connectivity index (χ1n) is 9.78. The number of amides is 1.